The Morgan fingerprint density at radius 1 is 1.35 bits per heavy atom. The molecule has 2 aliphatic heterocycles. The fraction of sp³-hybridized carbons (Fsp3) is 0.625. The summed E-state index contributed by atoms with van der Waals surface area (Å²) in [6, 6.07) is 0.402. The second kappa shape index (κ2) is 6.71. The van der Waals surface area contributed by atoms with E-state index >= 15 is 0 Å². The smallest absolute Gasteiger partial charge is 0.349 e. The summed E-state index contributed by atoms with van der Waals surface area (Å²) in [5.41, 5.74) is -1.07. The Bertz CT molecular complexity index is 811. The number of alkyl halides is 3. The van der Waals surface area contributed by atoms with Crippen molar-refractivity contribution in [2.45, 2.75) is 43.3 Å². The third-order valence-electron chi connectivity index (χ3n) is 4.79. The van der Waals surface area contributed by atoms with Crippen LogP contribution < -0.4 is 4.90 Å². The maximum absolute atomic E-state index is 13.0. The van der Waals surface area contributed by atoms with E-state index in [9.17, 15) is 26.4 Å². The molecule has 3 heterocycles. The zero-order valence-electron chi connectivity index (χ0n) is 14.3. The lowest BCUT2D eigenvalue weighted by Crippen LogP contribution is -2.55. The highest BCUT2D eigenvalue weighted by Gasteiger charge is 2.39. The number of rotatable bonds is 2. The highest BCUT2D eigenvalue weighted by atomic mass is 32.2. The summed E-state index contributed by atoms with van der Waals surface area (Å²) in [6.07, 6.45) is -2.59. The predicted octanol–water partition coefficient (Wildman–Crippen LogP) is 2.10. The van der Waals surface area contributed by atoms with Crippen molar-refractivity contribution in [2.75, 3.05) is 30.3 Å². The van der Waals surface area contributed by atoms with Gasteiger partial charge in [0.2, 0.25) is 5.91 Å². The number of sulfone groups is 1. The van der Waals surface area contributed by atoms with Crippen LogP contribution >= 0.6 is 0 Å². The summed E-state index contributed by atoms with van der Waals surface area (Å²) in [6.45, 7) is 3.01. The van der Waals surface area contributed by atoms with Crippen molar-refractivity contribution in [3.05, 3.63) is 17.8 Å². The summed E-state index contributed by atoms with van der Waals surface area (Å²) >= 11 is 0. The number of aromatic nitrogens is 1. The molecule has 1 atom stereocenters. The average molecular weight is 391 g/mol. The second-order valence-corrected chi connectivity index (χ2v) is 8.67. The molecule has 0 unspecified atom stereocenters. The van der Waals surface area contributed by atoms with E-state index in [4.69, 9.17) is 0 Å². The van der Waals surface area contributed by atoms with Gasteiger partial charge >= 0.3 is 6.18 Å². The number of nitrogens with zero attached hydrogens (tertiary/aromatic N) is 3. The minimum Gasteiger partial charge on any atom is -0.349 e. The standard InChI is InChI=1S/C16H20F3N3O3S/c1-2-3-14(23)21-5-6-22-12(10-21)4-7-26(24,25)13-8-11(16(17,18)19)9-20-15(13)22/h8-9,12H,2-7,10H2,1H3/t12-/m1/s1. The van der Waals surface area contributed by atoms with E-state index in [-0.39, 0.29) is 34.8 Å². The summed E-state index contributed by atoms with van der Waals surface area (Å²) < 4.78 is 63.9. The van der Waals surface area contributed by atoms with E-state index in [1.54, 1.807) is 9.80 Å². The molecule has 10 heteroatoms. The van der Waals surface area contributed by atoms with Crippen molar-refractivity contribution in [1.29, 1.82) is 0 Å². The highest BCUT2D eigenvalue weighted by Crippen LogP contribution is 2.37. The van der Waals surface area contributed by atoms with E-state index in [0.717, 1.165) is 6.42 Å². The van der Waals surface area contributed by atoms with Gasteiger partial charge < -0.3 is 9.80 Å². The number of pyridine rings is 1. The number of hydrogen-bond acceptors (Lipinski definition) is 5. The summed E-state index contributed by atoms with van der Waals surface area (Å²) in [4.78, 5) is 19.1. The van der Waals surface area contributed by atoms with Crippen LogP contribution in [0.4, 0.5) is 19.0 Å². The van der Waals surface area contributed by atoms with Crippen LogP contribution in [-0.4, -0.2) is 55.6 Å². The first-order valence-corrected chi connectivity index (χ1v) is 10.1. The number of amides is 1. The molecular formula is C16H20F3N3O3S. The fourth-order valence-electron chi connectivity index (χ4n) is 3.42. The largest absolute Gasteiger partial charge is 0.417 e. The van der Waals surface area contributed by atoms with E-state index in [1.165, 1.54) is 0 Å². The van der Waals surface area contributed by atoms with Gasteiger partial charge in [0.25, 0.3) is 0 Å². The van der Waals surface area contributed by atoms with Crippen molar-refractivity contribution in [3.63, 3.8) is 0 Å². The van der Waals surface area contributed by atoms with Gasteiger partial charge in [-0.2, -0.15) is 13.2 Å². The van der Waals surface area contributed by atoms with Crippen LogP contribution in [0.1, 0.15) is 31.7 Å². The Balaban J connectivity index is 1.96. The molecule has 1 aromatic heterocycles. The molecule has 144 valence electrons. The van der Waals surface area contributed by atoms with Gasteiger partial charge in [-0.3, -0.25) is 4.79 Å². The Kier molecular flexibility index (Phi) is 4.89. The highest BCUT2D eigenvalue weighted by molar-refractivity contribution is 7.91. The summed E-state index contributed by atoms with van der Waals surface area (Å²) in [5.74, 6) is -0.192. The van der Waals surface area contributed by atoms with Gasteiger partial charge in [0.1, 0.15) is 10.7 Å². The number of anilines is 1. The molecule has 26 heavy (non-hydrogen) atoms. The molecule has 0 spiro atoms. The van der Waals surface area contributed by atoms with E-state index in [2.05, 4.69) is 4.98 Å². The first kappa shape index (κ1) is 18.9. The quantitative estimate of drug-likeness (QED) is 0.772. The first-order valence-electron chi connectivity index (χ1n) is 8.48. The lowest BCUT2D eigenvalue weighted by Gasteiger charge is -2.41. The topological polar surface area (TPSA) is 70.6 Å². The van der Waals surface area contributed by atoms with Crippen molar-refractivity contribution in [3.8, 4) is 0 Å². The molecule has 6 nitrogen and oxygen atoms in total. The van der Waals surface area contributed by atoms with Crippen LogP contribution in [0.3, 0.4) is 0 Å². The van der Waals surface area contributed by atoms with Crippen molar-refractivity contribution >= 4 is 21.6 Å². The van der Waals surface area contributed by atoms with Crippen LogP contribution in [0.15, 0.2) is 17.2 Å². The first-order chi connectivity index (χ1) is 12.1. The number of fused-ring (bicyclic) bond motifs is 3. The molecule has 1 amide bonds. The van der Waals surface area contributed by atoms with Crippen LogP contribution in [0.25, 0.3) is 0 Å². The second-order valence-electron chi connectivity index (χ2n) is 6.59. The van der Waals surface area contributed by atoms with Crippen LogP contribution in [-0.2, 0) is 20.8 Å². The number of carbonyl (C=O) groups excluding carboxylic acids is 1. The van der Waals surface area contributed by atoms with E-state index < -0.39 is 21.6 Å². The Morgan fingerprint density at radius 3 is 2.73 bits per heavy atom. The van der Waals surface area contributed by atoms with Crippen molar-refractivity contribution in [2.24, 2.45) is 0 Å². The minimum atomic E-state index is -4.66. The van der Waals surface area contributed by atoms with Gasteiger partial charge in [0.15, 0.2) is 9.84 Å². The molecule has 0 aromatic carbocycles. The van der Waals surface area contributed by atoms with E-state index in [0.29, 0.717) is 38.3 Å². The molecule has 1 saturated heterocycles. The van der Waals surface area contributed by atoms with Gasteiger partial charge in [-0.05, 0) is 18.9 Å². The third kappa shape index (κ3) is 3.51. The van der Waals surface area contributed by atoms with Crippen molar-refractivity contribution < 1.29 is 26.4 Å². The van der Waals surface area contributed by atoms with Crippen molar-refractivity contribution in [1.82, 2.24) is 9.88 Å². The molecule has 1 fully saturated rings. The zero-order chi connectivity index (χ0) is 19.1. The van der Waals surface area contributed by atoms with Gasteiger partial charge in [-0.25, -0.2) is 13.4 Å². The van der Waals surface area contributed by atoms with Crippen LogP contribution in [0.2, 0.25) is 0 Å². The van der Waals surface area contributed by atoms with Gasteiger partial charge in [-0.15, -0.1) is 0 Å². The molecule has 0 aliphatic carbocycles. The Hall–Kier alpha value is -1.84. The van der Waals surface area contributed by atoms with Gasteiger partial charge in [0, 0.05) is 38.3 Å². The maximum Gasteiger partial charge on any atom is 0.417 e. The molecule has 0 radical (unpaired) electrons. The van der Waals surface area contributed by atoms with Gasteiger partial charge in [0.05, 0.1) is 11.3 Å². The summed E-state index contributed by atoms with van der Waals surface area (Å²) in [5, 5.41) is 0. The number of hydrogen-bond donors (Lipinski definition) is 0. The summed E-state index contributed by atoms with van der Waals surface area (Å²) in [7, 11) is -3.88. The predicted molar refractivity (Wildman–Crippen MR) is 88.5 cm³/mol. The van der Waals surface area contributed by atoms with Gasteiger partial charge in [-0.1, -0.05) is 6.92 Å². The lowest BCUT2D eigenvalue weighted by atomic mass is 10.1. The molecule has 0 bridgehead atoms. The third-order valence-corrected chi connectivity index (χ3v) is 6.53. The number of piperazine rings is 1. The molecule has 0 saturated carbocycles. The molecular weight excluding hydrogens is 371 g/mol. The molecule has 0 N–H and O–H groups in total. The van der Waals surface area contributed by atoms with Crippen LogP contribution in [0.5, 0.6) is 0 Å². The Labute approximate surface area is 149 Å². The zero-order valence-corrected chi connectivity index (χ0v) is 15.1. The van der Waals surface area contributed by atoms with E-state index in [1.807, 2.05) is 6.92 Å². The molecule has 2 aliphatic rings. The molecule has 3 rings (SSSR count). The SMILES string of the molecule is CCCC(=O)N1CCN2c3ncc(C(F)(F)F)cc3S(=O)(=O)CC[C@@H]2C1. The lowest BCUT2D eigenvalue weighted by molar-refractivity contribution is -0.138. The minimum absolute atomic E-state index is 0.0138. The maximum atomic E-state index is 13.0. The average Bonchev–Trinajstić information content (AvgIpc) is 2.69. The molecule has 1 aromatic rings. The van der Waals surface area contributed by atoms with Crippen LogP contribution in [0, 0.1) is 0 Å². The monoisotopic (exact) mass is 391 g/mol. The normalized spacial score (nSPS) is 22.4. The Morgan fingerprint density at radius 2 is 2.08 bits per heavy atom. The number of halogens is 3. The number of carbonyl (C=O) groups is 1. The fourth-order valence-corrected chi connectivity index (χ4v) is 4.97.